The van der Waals surface area contributed by atoms with Crippen molar-refractivity contribution in [3.05, 3.63) is 22.8 Å². The molecule has 200 valence electrons. The number of aliphatic hydroxyl groups excluding tert-OH is 1. The van der Waals surface area contributed by atoms with Gasteiger partial charge in [0.1, 0.15) is 17.8 Å². The van der Waals surface area contributed by atoms with Gasteiger partial charge < -0.3 is 19.7 Å². The first-order chi connectivity index (χ1) is 16.8. The lowest BCUT2D eigenvalue weighted by molar-refractivity contribution is -0.185. The molecule has 6 heteroatoms. The number of fused-ring (bicyclic) bond motifs is 5. The number of aliphatic hydroxyl groups is 2. The lowest BCUT2D eigenvalue weighted by Gasteiger charge is -2.60. The molecule has 10 atom stereocenters. The highest BCUT2D eigenvalue weighted by atomic mass is 16.6. The lowest BCUT2D eigenvalue weighted by Crippen LogP contribution is -2.59. The second-order valence-corrected chi connectivity index (χ2v) is 13.2. The van der Waals surface area contributed by atoms with Crippen LogP contribution in [0.2, 0.25) is 0 Å². The van der Waals surface area contributed by atoms with Gasteiger partial charge in [0.15, 0.2) is 0 Å². The van der Waals surface area contributed by atoms with Gasteiger partial charge in [0.2, 0.25) is 0 Å². The van der Waals surface area contributed by atoms with Crippen LogP contribution < -0.4 is 0 Å². The van der Waals surface area contributed by atoms with Gasteiger partial charge in [-0.1, -0.05) is 31.1 Å². The molecule has 3 fully saturated rings. The molecule has 2 N–H and O–H groups in total. The van der Waals surface area contributed by atoms with Crippen LogP contribution in [0, 0.1) is 34.5 Å². The van der Waals surface area contributed by atoms with Crippen LogP contribution in [0.15, 0.2) is 22.8 Å². The van der Waals surface area contributed by atoms with Crippen molar-refractivity contribution in [3.63, 3.8) is 0 Å². The quantitative estimate of drug-likeness (QED) is 0.424. The standard InChI is InChI=1S/C30H44O6/c1-16-13-26(36-27(33)17(16)2)30(6,34)24-10-9-22-21-8-7-19-14-20(32)15-25(35-18(3)31)29(19,5)23(21)11-12-28(22,24)4/h7,20-26,32,34H,8-15H2,1-6H3/t20-,21+,22+,23+,24+,25+,26+,28+,29+,30-/m1/s1. The normalized spacial score (nSPS) is 46.1. The maximum atomic E-state index is 12.5. The van der Waals surface area contributed by atoms with Crippen LogP contribution in [0.4, 0.5) is 0 Å². The highest BCUT2D eigenvalue weighted by Gasteiger charge is 2.64. The molecule has 36 heavy (non-hydrogen) atoms. The van der Waals surface area contributed by atoms with Gasteiger partial charge in [-0.2, -0.15) is 0 Å². The molecule has 5 rings (SSSR count). The summed E-state index contributed by atoms with van der Waals surface area (Å²) in [5, 5.41) is 22.5. The first-order valence-electron chi connectivity index (χ1n) is 13.9. The highest BCUT2D eigenvalue weighted by molar-refractivity contribution is 5.89. The Balaban J connectivity index is 1.44. The molecule has 1 heterocycles. The molecule has 1 aliphatic heterocycles. The monoisotopic (exact) mass is 500 g/mol. The zero-order valence-electron chi connectivity index (χ0n) is 22.8. The molecular weight excluding hydrogens is 456 g/mol. The highest BCUT2D eigenvalue weighted by Crippen LogP contribution is 2.68. The van der Waals surface area contributed by atoms with Crippen molar-refractivity contribution in [2.24, 2.45) is 34.5 Å². The summed E-state index contributed by atoms with van der Waals surface area (Å²) >= 11 is 0. The van der Waals surface area contributed by atoms with Crippen molar-refractivity contribution < 1.29 is 29.3 Å². The fourth-order valence-corrected chi connectivity index (χ4v) is 9.42. The van der Waals surface area contributed by atoms with E-state index in [2.05, 4.69) is 19.9 Å². The summed E-state index contributed by atoms with van der Waals surface area (Å²) in [5.74, 6) is 0.749. The van der Waals surface area contributed by atoms with Crippen LogP contribution in [-0.2, 0) is 19.1 Å². The molecule has 5 aliphatic rings. The third-order valence-corrected chi connectivity index (χ3v) is 11.5. The Hall–Kier alpha value is -1.66. The third-order valence-electron chi connectivity index (χ3n) is 11.5. The number of esters is 2. The first kappa shape index (κ1) is 26.0. The van der Waals surface area contributed by atoms with Gasteiger partial charge in [0.25, 0.3) is 0 Å². The lowest BCUT2D eigenvalue weighted by atomic mass is 9.46. The van der Waals surface area contributed by atoms with Crippen LogP contribution in [0.1, 0.15) is 92.9 Å². The topological polar surface area (TPSA) is 93.1 Å². The van der Waals surface area contributed by atoms with Gasteiger partial charge >= 0.3 is 11.9 Å². The van der Waals surface area contributed by atoms with E-state index in [1.807, 2.05) is 13.8 Å². The van der Waals surface area contributed by atoms with E-state index in [9.17, 15) is 19.8 Å². The van der Waals surface area contributed by atoms with Crippen LogP contribution in [0.3, 0.4) is 0 Å². The Bertz CT molecular complexity index is 1010. The molecule has 0 saturated heterocycles. The Labute approximate surface area is 215 Å². The maximum Gasteiger partial charge on any atom is 0.334 e. The third kappa shape index (κ3) is 3.73. The van der Waals surface area contributed by atoms with Crippen molar-refractivity contribution in [2.45, 2.75) is 117 Å². The summed E-state index contributed by atoms with van der Waals surface area (Å²) < 4.78 is 11.7. The van der Waals surface area contributed by atoms with E-state index in [4.69, 9.17) is 9.47 Å². The molecule has 0 spiro atoms. The van der Waals surface area contributed by atoms with E-state index in [0.29, 0.717) is 42.6 Å². The Kier molecular flexibility index (Phi) is 6.27. The van der Waals surface area contributed by atoms with Gasteiger partial charge in [0.05, 0.1) is 6.10 Å². The van der Waals surface area contributed by atoms with E-state index in [0.717, 1.165) is 37.7 Å². The van der Waals surface area contributed by atoms with Crippen molar-refractivity contribution in [1.29, 1.82) is 0 Å². The molecule has 4 aliphatic carbocycles. The molecule has 0 aromatic heterocycles. The average Bonchev–Trinajstić information content (AvgIpc) is 3.15. The zero-order chi connectivity index (χ0) is 26.2. The summed E-state index contributed by atoms with van der Waals surface area (Å²) in [6, 6.07) is 0. The van der Waals surface area contributed by atoms with Gasteiger partial charge in [-0.15, -0.1) is 0 Å². The van der Waals surface area contributed by atoms with Crippen LogP contribution >= 0.6 is 0 Å². The fraction of sp³-hybridized carbons (Fsp3) is 0.800. The first-order valence-corrected chi connectivity index (χ1v) is 13.9. The van der Waals surface area contributed by atoms with E-state index in [-0.39, 0.29) is 34.8 Å². The summed E-state index contributed by atoms with van der Waals surface area (Å²) in [4.78, 5) is 24.5. The molecule has 0 radical (unpaired) electrons. The largest absolute Gasteiger partial charge is 0.462 e. The summed E-state index contributed by atoms with van der Waals surface area (Å²) in [7, 11) is 0. The van der Waals surface area contributed by atoms with Crippen molar-refractivity contribution in [3.8, 4) is 0 Å². The molecule has 0 aromatic rings. The predicted molar refractivity (Wildman–Crippen MR) is 136 cm³/mol. The van der Waals surface area contributed by atoms with Crippen LogP contribution in [0.25, 0.3) is 0 Å². The van der Waals surface area contributed by atoms with Gasteiger partial charge in [0, 0.05) is 30.8 Å². The molecule has 0 aromatic carbocycles. The number of allylic oxidation sites excluding steroid dienone is 1. The van der Waals surface area contributed by atoms with E-state index in [1.54, 1.807) is 6.92 Å². The predicted octanol–water partition coefficient (Wildman–Crippen LogP) is 4.87. The van der Waals surface area contributed by atoms with E-state index in [1.165, 1.54) is 12.5 Å². The Morgan fingerprint density at radius 2 is 1.89 bits per heavy atom. The second-order valence-electron chi connectivity index (χ2n) is 13.2. The SMILES string of the molecule is CC(=O)O[C@H]1C[C@H](O)CC2=CC[C@H]3[C@@H]4CC[C@H]([C@@](C)(O)[C@@H]5CC(C)=C(C)C(=O)O5)[C@@]4(C)CC[C@@H]3[C@]21C. The van der Waals surface area contributed by atoms with Crippen molar-refractivity contribution in [1.82, 2.24) is 0 Å². The average molecular weight is 501 g/mol. The van der Waals surface area contributed by atoms with Crippen molar-refractivity contribution in [2.75, 3.05) is 0 Å². The minimum Gasteiger partial charge on any atom is -0.462 e. The number of rotatable bonds is 3. The number of hydrogen-bond donors (Lipinski definition) is 2. The van der Waals surface area contributed by atoms with E-state index < -0.39 is 17.8 Å². The molecule has 6 nitrogen and oxygen atoms in total. The Morgan fingerprint density at radius 1 is 1.17 bits per heavy atom. The molecule has 3 saturated carbocycles. The molecule has 0 amide bonds. The smallest absolute Gasteiger partial charge is 0.334 e. The number of cyclic esters (lactones) is 1. The minimum atomic E-state index is -1.09. The number of carbonyl (C=O) groups is 2. The minimum absolute atomic E-state index is 0.0476. The van der Waals surface area contributed by atoms with Gasteiger partial charge in [-0.25, -0.2) is 4.79 Å². The number of carbonyl (C=O) groups excluding carboxylic acids is 2. The maximum absolute atomic E-state index is 12.5. The van der Waals surface area contributed by atoms with Crippen LogP contribution in [-0.4, -0.2) is 46.1 Å². The number of ether oxygens (including phenoxy) is 2. The van der Waals surface area contributed by atoms with E-state index >= 15 is 0 Å². The summed E-state index contributed by atoms with van der Waals surface area (Å²) in [6.45, 7) is 11.7. The number of hydrogen-bond acceptors (Lipinski definition) is 6. The van der Waals surface area contributed by atoms with Gasteiger partial charge in [-0.3, -0.25) is 4.79 Å². The van der Waals surface area contributed by atoms with Crippen LogP contribution in [0.5, 0.6) is 0 Å². The fourth-order valence-electron chi connectivity index (χ4n) is 9.42. The second kappa shape index (κ2) is 8.69. The molecular formula is C30H44O6. The molecule has 0 unspecified atom stereocenters. The van der Waals surface area contributed by atoms with Crippen molar-refractivity contribution >= 4 is 11.9 Å². The Morgan fingerprint density at radius 3 is 2.56 bits per heavy atom. The zero-order valence-corrected chi connectivity index (χ0v) is 22.8. The van der Waals surface area contributed by atoms with Gasteiger partial charge in [-0.05, 0) is 88.4 Å². The summed E-state index contributed by atoms with van der Waals surface area (Å²) in [5.41, 5.74) is 1.53. The summed E-state index contributed by atoms with van der Waals surface area (Å²) in [6.07, 6.45) is 7.74. The molecule has 0 bridgehead atoms.